The summed E-state index contributed by atoms with van der Waals surface area (Å²) in [6, 6.07) is 0. The second-order valence-electron chi connectivity index (χ2n) is 4.05. The summed E-state index contributed by atoms with van der Waals surface area (Å²) < 4.78 is 59.8. The van der Waals surface area contributed by atoms with Crippen LogP contribution in [0.1, 0.15) is 13.3 Å². The van der Waals surface area contributed by atoms with Gasteiger partial charge in [0.05, 0.1) is 26.9 Å². The van der Waals surface area contributed by atoms with E-state index in [1.807, 2.05) is 6.92 Å². The molecule has 0 aromatic rings. The third-order valence-electron chi connectivity index (χ3n) is 1.91. The lowest BCUT2D eigenvalue weighted by Crippen LogP contribution is -2.41. The third-order valence-corrected chi connectivity index (χ3v) is 2.92. The molecule has 0 saturated carbocycles. The maximum Gasteiger partial charge on any atom is 0.518 e. The van der Waals surface area contributed by atoms with Gasteiger partial charge < -0.3 is 4.48 Å². The van der Waals surface area contributed by atoms with E-state index in [1.165, 1.54) is 0 Å². The molecule has 0 heterocycles. The molecule has 0 aromatic heterocycles. The van der Waals surface area contributed by atoms with E-state index in [2.05, 4.69) is 4.40 Å². The van der Waals surface area contributed by atoms with Crippen molar-refractivity contribution in [2.24, 2.45) is 4.40 Å². The van der Waals surface area contributed by atoms with Gasteiger partial charge >= 0.3 is 15.5 Å². The highest BCUT2D eigenvalue weighted by atomic mass is 32.2. The molecule has 0 atom stereocenters. The SMILES string of the molecule is CCC[N+](C)(C)CC=NS(=O)(=O)C(F)(F)F. The van der Waals surface area contributed by atoms with Gasteiger partial charge in [-0.1, -0.05) is 6.92 Å². The molecule has 0 aliphatic rings. The first-order chi connectivity index (χ1) is 7.02. The van der Waals surface area contributed by atoms with Crippen LogP contribution in [0, 0.1) is 0 Å². The van der Waals surface area contributed by atoms with E-state index < -0.39 is 15.5 Å². The summed E-state index contributed by atoms with van der Waals surface area (Å²) in [4.78, 5) is 0. The lowest BCUT2D eigenvalue weighted by atomic mass is 10.4. The Morgan fingerprint density at radius 3 is 2.19 bits per heavy atom. The Labute approximate surface area is 93.4 Å². The quantitative estimate of drug-likeness (QED) is 0.554. The molecule has 0 N–H and O–H groups in total. The van der Waals surface area contributed by atoms with Crippen LogP contribution < -0.4 is 0 Å². The molecule has 0 rings (SSSR count). The van der Waals surface area contributed by atoms with Gasteiger partial charge in [0.2, 0.25) is 0 Å². The van der Waals surface area contributed by atoms with Crippen molar-refractivity contribution in [3.05, 3.63) is 0 Å². The van der Waals surface area contributed by atoms with E-state index in [9.17, 15) is 21.6 Å². The summed E-state index contributed by atoms with van der Waals surface area (Å²) in [5.74, 6) is 0. The minimum absolute atomic E-state index is 0.142. The van der Waals surface area contributed by atoms with E-state index in [0.29, 0.717) is 4.48 Å². The summed E-state index contributed by atoms with van der Waals surface area (Å²) in [6.07, 6.45) is 1.66. The number of rotatable bonds is 5. The van der Waals surface area contributed by atoms with Crippen LogP contribution in [0.5, 0.6) is 0 Å². The molecule has 0 aliphatic heterocycles. The van der Waals surface area contributed by atoms with Gasteiger partial charge in [0.25, 0.3) is 0 Å². The standard InChI is InChI=1S/C8H16F3N2O2S/c1-4-6-13(2,3)7-5-12-16(14,15)8(9,10)11/h5H,4,6-7H2,1-3H3/q+1. The second kappa shape index (κ2) is 5.13. The van der Waals surface area contributed by atoms with Crippen molar-refractivity contribution in [1.29, 1.82) is 0 Å². The maximum absolute atomic E-state index is 11.9. The number of alkyl halides is 3. The first-order valence-electron chi connectivity index (χ1n) is 4.69. The smallest absolute Gasteiger partial charge is 0.324 e. The highest BCUT2D eigenvalue weighted by Crippen LogP contribution is 2.24. The average Bonchev–Trinajstić information content (AvgIpc) is 2.00. The molecule has 0 fully saturated rings. The van der Waals surface area contributed by atoms with Crippen LogP contribution in [0.4, 0.5) is 13.2 Å². The Morgan fingerprint density at radius 1 is 1.31 bits per heavy atom. The predicted molar refractivity (Wildman–Crippen MR) is 55.6 cm³/mol. The van der Waals surface area contributed by atoms with Gasteiger partial charge in [0.15, 0.2) is 0 Å². The van der Waals surface area contributed by atoms with Gasteiger partial charge in [-0.2, -0.15) is 26.0 Å². The van der Waals surface area contributed by atoms with Crippen molar-refractivity contribution in [1.82, 2.24) is 0 Å². The van der Waals surface area contributed by atoms with Crippen molar-refractivity contribution in [2.45, 2.75) is 18.9 Å². The van der Waals surface area contributed by atoms with Crippen LogP contribution in [-0.2, 0) is 10.0 Å². The molecular formula is C8H16F3N2O2S+. The molecule has 0 aliphatic carbocycles. The van der Waals surface area contributed by atoms with Gasteiger partial charge in [-0.25, -0.2) is 0 Å². The largest absolute Gasteiger partial charge is 0.518 e. The van der Waals surface area contributed by atoms with Crippen molar-refractivity contribution in [3.63, 3.8) is 0 Å². The van der Waals surface area contributed by atoms with E-state index >= 15 is 0 Å². The lowest BCUT2D eigenvalue weighted by Gasteiger charge is -2.27. The van der Waals surface area contributed by atoms with Crippen molar-refractivity contribution in [2.75, 3.05) is 27.2 Å². The molecule has 0 amide bonds. The third kappa shape index (κ3) is 4.93. The van der Waals surface area contributed by atoms with Crippen LogP contribution in [0.25, 0.3) is 0 Å². The van der Waals surface area contributed by atoms with E-state index in [-0.39, 0.29) is 6.54 Å². The van der Waals surface area contributed by atoms with Crippen molar-refractivity contribution >= 4 is 16.2 Å². The van der Waals surface area contributed by atoms with Crippen molar-refractivity contribution in [3.8, 4) is 0 Å². The monoisotopic (exact) mass is 261 g/mol. The van der Waals surface area contributed by atoms with Crippen LogP contribution in [0.2, 0.25) is 0 Å². The van der Waals surface area contributed by atoms with Crippen molar-refractivity contribution < 1.29 is 26.1 Å². The number of sulfonamides is 1. The molecule has 96 valence electrons. The van der Waals surface area contributed by atoms with Gasteiger partial charge in [0, 0.05) is 0 Å². The van der Waals surface area contributed by atoms with E-state index in [4.69, 9.17) is 0 Å². The molecule has 0 unspecified atom stereocenters. The molecule has 8 heteroatoms. The fraction of sp³-hybridized carbons (Fsp3) is 0.875. The topological polar surface area (TPSA) is 46.5 Å². The fourth-order valence-electron chi connectivity index (χ4n) is 1.11. The van der Waals surface area contributed by atoms with Crippen LogP contribution in [0.3, 0.4) is 0 Å². The number of hydrogen-bond acceptors (Lipinski definition) is 2. The molecule has 0 saturated heterocycles. The highest BCUT2D eigenvalue weighted by molar-refractivity contribution is 7.91. The predicted octanol–water partition coefficient (Wildman–Crippen LogP) is 1.39. The van der Waals surface area contributed by atoms with Gasteiger partial charge in [-0.05, 0) is 6.42 Å². The Balaban J connectivity index is 4.54. The molecule has 0 radical (unpaired) electrons. The Hall–Kier alpha value is -0.630. The number of hydrogen-bond donors (Lipinski definition) is 0. The Kier molecular flexibility index (Phi) is 4.93. The van der Waals surface area contributed by atoms with E-state index in [1.54, 1.807) is 14.1 Å². The molecule has 0 bridgehead atoms. The normalized spacial score (nSPS) is 14.6. The second-order valence-corrected chi connectivity index (χ2v) is 5.67. The molecule has 16 heavy (non-hydrogen) atoms. The minimum atomic E-state index is -5.38. The van der Waals surface area contributed by atoms with Gasteiger partial charge in [-0.15, -0.1) is 0 Å². The number of quaternary nitrogens is 1. The first-order valence-corrected chi connectivity index (χ1v) is 6.13. The maximum atomic E-state index is 11.9. The zero-order valence-corrected chi connectivity index (χ0v) is 10.3. The number of halogens is 3. The summed E-state index contributed by atoms with van der Waals surface area (Å²) >= 11 is 0. The molecule has 0 spiro atoms. The number of nitrogens with zero attached hydrogens (tertiary/aromatic N) is 2. The summed E-state index contributed by atoms with van der Waals surface area (Å²) in [5, 5.41) is 0. The fourth-order valence-corrected chi connectivity index (χ4v) is 1.49. The van der Waals surface area contributed by atoms with E-state index in [0.717, 1.165) is 19.2 Å². The summed E-state index contributed by atoms with van der Waals surface area (Å²) in [7, 11) is -1.80. The first kappa shape index (κ1) is 15.4. The Bertz CT molecular complexity index is 347. The summed E-state index contributed by atoms with van der Waals surface area (Å²) in [5.41, 5.74) is -5.31. The average molecular weight is 261 g/mol. The van der Waals surface area contributed by atoms with Crippen LogP contribution in [-0.4, -0.2) is 51.8 Å². The van der Waals surface area contributed by atoms with Crippen LogP contribution in [0.15, 0.2) is 4.40 Å². The molecule has 4 nitrogen and oxygen atoms in total. The van der Waals surface area contributed by atoms with Gasteiger partial charge in [-0.3, -0.25) is 0 Å². The zero-order valence-electron chi connectivity index (χ0n) is 9.45. The minimum Gasteiger partial charge on any atom is -0.324 e. The van der Waals surface area contributed by atoms with Crippen LogP contribution >= 0.6 is 0 Å². The summed E-state index contributed by atoms with van der Waals surface area (Å²) in [6.45, 7) is 2.81. The Morgan fingerprint density at radius 2 is 1.81 bits per heavy atom. The lowest BCUT2D eigenvalue weighted by molar-refractivity contribution is -0.880. The van der Waals surface area contributed by atoms with Gasteiger partial charge in [0.1, 0.15) is 6.54 Å². The zero-order chi connectivity index (χ0) is 13.0. The highest BCUT2D eigenvalue weighted by Gasteiger charge is 2.45. The molecular weight excluding hydrogens is 245 g/mol. The molecule has 0 aromatic carbocycles.